The highest BCUT2D eigenvalue weighted by Gasteiger charge is 2.19. The first-order valence-corrected chi connectivity index (χ1v) is 4.44. The van der Waals surface area contributed by atoms with Crippen molar-refractivity contribution in [3.63, 3.8) is 0 Å². The Hall–Kier alpha value is -1.06. The second kappa shape index (κ2) is 3.36. The van der Waals surface area contributed by atoms with Crippen molar-refractivity contribution < 1.29 is 4.52 Å². The van der Waals surface area contributed by atoms with Crippen molar-refractivity contribution in [2.24, 2.45) is 5.41 Å². The Morgan fingerprint density at radius 2 is 2.15 bits per heavy atom. The van der Waals surface area contributed by atoms with Gasteiger partial charge >= 0.3 is 5.76 Å². The molecule has 0 fully saturated rings. The molecule has 1 heterocycles. The summed E-state index contributed by atoms with van der Waals surface area (Å²) in [5.41, 5.74) is 0.231. The summed E-state index contributed by atoms with van der Waals surface area (Å²) in [6, 6.07) is 0. The van der Waals surface area contributed by atoms with Crippen LogP contribution in [0.4, 0.5) is 0 Å². The van der Waals surface area contributed by atoms with Gasteiger partial charge < -0.3 is 0 Å². The van der Waals surface area contributed by atoms with E-state index in [0.717, 1.165) is 6.42 Å². The van der Waals surface area contributed by atoms with Crippen LogP contribution in [-0.4, -0.2) is 10.1 Å². The van der Waals surface area contributed by atoms with Gasteiger partial charge in [0.1, 0.15) is 0 Å². The van der Waals surface area contributed by atoms with Gasteiger partial charge in [-0.05, 0) is 11.8 Å². The summed E-state index contributed by atoms with van der Waals surface area (Å²) < 4.78 is 4.44. The second-order valence-corrected chi connectivity index (χ2v) is 4.65. The highest BCUT2D eigenvalue weighted by molar-refractivity contribution is 4.91. The van der Waals surface area contributed by atoms with E-state index in [1.54, 1.807) is 0 Å². The predicted octanol–water partition coefficient (Wildman–Crippen LogP) is 1.90. The lowest BCUT2D eigenvalue weighted by atomic mass is 9.85. The molecule has 1 atom stereocenters. The van der Waals surface area contributed by atoms with E-state index in [1.807, 2.05) is 6.92 Å². The van der Waals surface area contributed by atoms with Crippen LogP contribution in [-0.2, 0) is 0 Å². The molecule has 0 aromatic carbocycles. The minimum atomic E-state index is -0.476. The third kappa shape index (κ3) is 3.05. The van der Waals surface area contributed by atoms with Crippen LogP contribution in [0, 0.1) is 5.41 Å². The fourth-order valence-corrected chi connectivity index (χ4v) is 1.47. The fourth-order valence-electron chi connectivity index (χ4n) is 1.47. The molecule has 1 aromatic rings. The molecule has 0 aliphatic heterocycles. The van der Waals surface area contributed by atoms with Crippen LogP contribution in [0.1, 0.15) is 45.9 Å². The van der Waals surface area contributed by atoms with Crippen molar-refractivity contribution >= 4 is 0 Å². The molecule has 0 aliphatic rings. The van der Waals surface area contributed by atoms with Gasteiger partial charge in [0.15, 0.2) is 5.82 Å². The summed E-state index contributed by atoms with van der Waals surface area (Å²) in [6.45, 7) is 8.49. The quantitative estimate of drug-likeness (QED) is 0.763. The zero-order chi connectivity index (χ0) is 10.1. The van der Waals surface area contributed by atoms with Crippen molar-refractivity contribution in [3.8, 4) is 0 Å². The molecule has 1 N–H and O–H groups in total. The monoisotopic (exact) mass is 184 g/mol. The number of rotatable bonds is 2. The summed E-state index contributed by atoms with van der Waals surface area (Å²) in [4.78, 5) is 13.2. The lowest BCUT2D eigenvalue weighted by Gasteiger charge is -2.21. The van der Waals surface area contributed by atoms with Crippen molar-refractivity contribution in [1.29, 1.82) is 0 Å². The number of nitrogens with zero attached hydrogens (tertiary/aromatic N) is 1. The van der Waals surface area contributed by atoms with Gasteiger partial charge in [-0.15, -0.1) is 0 Å². The molecule has 0 bridgehead atoms. The molecule has 0 saturated carbocycles. The SMILES string of the molecule is CC(CC(C)(C)C)c1noc(=O)[nH]1. The van der Waals surface area contributed by atoms with E-state index in [4.69, 9.17) is 0 Å². The van der Waals surface area contributed by atoms with E-state index in [2.05, 4.69) is 35.4 Å². The number of hydrogen-bond donors (Lipinski definition) is 1. The molecular weight excluding hydrogens is 168 g/mol. The molecule has 1 aromatic heterocycles. The summed E-state index contributed by atoms with van der Waals surface area (Å²) in [6.07, 6.45) is 0.968. The van der Waals surface area contributed by atoms with Crippen LogP contribution in [0.15, 0.2) is 9.32 Å². The molecule has 74 valence electrons. The Morgan fingerprint density at radius 3 is 2.54 bits per heavy atom. The van der Waals surface area contributed by atoms with Gasteiger partial charge in [0.25, 0.3) is 0 Å². The fraction of sp³-hybridized carbons (Fsp3) is 0.778. The lowest BCUT2D eigenvalue weighted by molar-refractivity contribution is 0.331. The summed E-state index contributed by atoms with van der Waals surface area (Å²) >= 11 is 0. The van der Waals surface area contributed by atoms with E-state index in [-0.39, 0.29) is 11.3 Å². The van der Waals surface area contributed by atoms with Crippen molar-refractivity contribution in [2.45, 2.75) is 40.0 Å². The Balaban J connectivity index is 2.69. The number of nitrogens with one attached hydrogen (secondary N) is 1. The third-order valence-electron chi connectivity index (χ3n) is 1.84. The van der Waals surface area contributed by atoms with Gasteiger partial charge in [-0.25, -0.2) is 4.79 Å². The van der Waals surface area contributed by atoms with Gasteiger partial charge in [-0.3, -0.25) is 9.51 Å². The van der Waals surface area contributed by atoms with Gasteiger partial charge in [0.2, 0.25) is 0 Å². The van der Waals surface area contributed by atoms with Gasteiger partial charge in [0, 0.05) is 5.92 Å². The normalized spacial score (nSPS) is 14.5. The van der Waals surface area contributed by atoms with E-state index < -0.39 is 5.76 Å². The summed E-state index contributed by atoms with van der Waals surface area (Å²) in [5.74, 6) is 0.391. The minimum Gasteiger partial charge on any atom is -0.296 e. The Labute approximate surface area is 77.3 Å². The molecule has 0 spiro atoms. The molecule has 0 saturated heterocycles. The maximum absolute atomic E-state index is 10.7. The van der Waals surface area contributed by atoms with Crippen LogP contribution >= 0.6 is 0 Å². The summed E-state index contributed by atoms with van der Waals surface area (Å²) in [7, 11) is 0. The van der Waals surface area contributed by atoms with Crippen molar-refractivity contribution in [2.75, 3.05) is 0 Å². The van der Waals surface area contributed by atoms with Crippen molar-refractivity contribution in [3.05, 3.63) is 16.4 Å². The van der Waals surface area contributed by atoms with Crippen molar-refractivity contribution in [1.82, 2.24) is 10.1 Å². The Bertz CT molecular complexity index is 319. The van der Waals surface area contributed by atoms with E-state index in [9.17, 15) is 4.79 Å². The predicted molar refractivity (Wildman–Crippen MR) is 49.6 cm³/mol. The molecule has 0 aliphatic carbocycles. The minimum absolute atomic E-state index is 0.228. The Morgan fingerprint density at radius 1 is 1.54 bits per heavy atom. The molecule has 1 unspecified atom stereocenters. The highest BCUT2D eigenvalue weighted by atomic mass is 16.5. The van der Waals surface area contributed by atoms with Gasteiger partial charge in [0.05, 0.1) is 0 Å². The van der Waals surface area contributed by atoms with E-state index >= 15 is 0 Å². The van der Waals surface area contributed by atoms with Crippen LogP contribution in [0.2, 0.25) is 0 Å². The average Bonchev–Trinajstić information content (AvgIpc) is 2.31. The summed E-state index contributed by atoms with van der Waals surface area (Å²) in [5, 5.41) is 3.66. The maximum Gasteiger partial charge on any atom is 0.438 e. The topological polar surface area (TPSA) is 58.9 Å². The van der Waals surface area contributed by atoms with E-state index in [1.165, 1.54) is 0 Å². The van der Waals surface area contributed by atoms with Gasteiger partial charge in [-0.1, -0.05) is 32.9 Å². The number of hydrogen-bond acceptors (Lipinski definition) is 3. The van der Waals surface area contributed by atoms with Crippen LogP contribution in [0.3, 0.4) is 0 Å². The van der Waals surface area contributed by atoms with Crippen LogP contribution < -0.4 is 5.76 Å². The van der Waals surface area contributed by atoms with E-state index in [0.29, 0.717) is 5.82 Å². The zero-order valence-electron chi connectivity index (χ0n) is 8.55. The molecule has 0 amide bonds. The Kier molecular flexibility index (Phi) is 2.59. The first-order chi connectivity index (χ1) is 5.88. The molecule has 4 nitrogen and oxygen atoms in total. The van der Waals surface area contributed by atoms with Crippen LogP contribution in [0.25, 0.3) is 0 Å². The zero-order valence-corrected chi connectivity index (χ0v) is 8.55. The smallest absolute Gasteiger partial charge is 0.296 e. The molecule has 0 radical (unpaired) electrons. The largest absolute Gasteiger partial charge is 0.438 e. The molecule has 4 heteroatoms. The number of aromatic amines is 1. The maximum atomic E-state index is 10.7. The lowest BCUT2D eigenvalue weighted by Crippen LogP contribution is -2.11. The highest BCUT2D eigenvalue weighted by Crippen LogP contribution is 2.28. The first-order valence-electron chi connectivity index (χ1n) is 4.44. The second-order valence-electron chi connectivity index (χ2n) is 4.65. The molecular formula is C9H16N2O2. The third-order valence-corrected chi connectivity index (χ3v) is 1.84. The standard InChI is InChI=1S/C9H16N2O2/c1-6(5-9(2,3)4)7-10-8(12)13-11-7/h6H,5H2,1-4H3,(H,10,11,12). The number of H-pyrrole nitrogens is 1. The first kappa shape index (κ1) is 10.0. The molecule has 1 rings (SSSR count). The van der Waals surface area contributed by atoms with Gasteiger partial charge in [-0.2, -0.15) is 0 Å². The average molecular weight is 184 g/mol. The van der Waals surface area contributed by atoms with Crippen LogP contribution in [0.5, 0.6) is 0 Å². The number of aromatic nitrogens is 2. The molecule has 13 heavy (non-hydrogen) atoms.